The number of carbonyl (C=O) groups excluding carboxylic acids is 1. The van der Waals surface area contributed by atoms with Crippen molar-refractivity contribution in [2.24, 2.45) is 5.73 Å². The summed E-state index contributed by atoms with van der Waals surface area (Å²) in [5.74, 6) is -0.0234. The lowest BCUT2D eigenvalue weighted by atomic mass is 10.1. The van der Waals surface area contributed by atoms with Gasteiger partial charge in [-0.3, -0.25) is 4.79 Å². The zero-order valence-corrected chi connectivity index (χ0v) is 14.4. The van der Waals surface area contributed by atoms with Crippen LogP contribution in [0.5, 0.6) is 0 Å². The number of rotatable bonds is 9. The maximum Gasteiger partial charge on any atom is 0.251 e. The lowest BCUT2D eigenvalue weighted by Crippen LogP contribution is -2.25. The molecule has 0 aliphatic carbocycles. The maximum absolute atomic E-state index is 12.1. The number of unbranched alkanes of at least 4 members (excludes halogenated alkanes) is 1. The standard InChI is InChI=1S/C20H27N3O/c1-2-23(16-17-8-4-3-5-9-17)19-12-10-18(11-13-19)20(24)22-15-7-6-14-21/h3-5,8-13H,2,6-7,14-16,21H2,1H3,(H,22,24). The number of hydrogen-bond donors (Lipinski definition) is 2. The zero-order valence-electron chi connectivity index (χ0n) is 14.4. The molecule has 24 heavy (non-hydrogen) atoms. The van der Waals surface area contributed by atoms with Gasteiger partial charge in [0.05, 0.1) is 0 Å². The number of nitrogens with zero attached hydrogens (tertiary/aromatic N) is 1. The van der Waals surface area contributed by atoms with Gasteiger partial charge in [-0.05, 0) is 56.1 Å². The van der Waals surface area contributed by atoms with Gasteiger partial charge in [-0.25, -0.2) is 0 Å². The van der Waals surface area contributed by atoms with Gasteiger partial charge in [0.1, 0.15) is 0 Å². The zero-order chi connectivity index (χ0) is 17.2. The fraction of sp³-hybridized carbons (Fsp3) is 0.350. The molecule has 3 N–H and O–H groups in total. The molecule has 0 aromatic heterocycles. The molecule has 0 heterocycles. The summed E-state index contributed by atoms with van der Waals surface area (Å²) in [6, 6.07) is 18.2. The molecule has 0 saturated heterocycles. The Balaban J connectivity index is 1.95. The molecule has 0 saturated carbocycles. The average molecular weight is 325 g/mol. The molecule has 0 aliphatic heterocycles. The molecular formula is C20H27N3O. The average Bonchev–Trinajstić information content (AvgIpc) is 2.64. The molecule has 0 aliphatic rings. The third kappa shape index (κ3) is 5.39. The maximum atomic E-state index is 12.1. The molecule has 128 valence electrons. The molecule has 4 heteroatoms. The Morgan fingerprint density at radius 3 is 2.38 bits per heavy atom. The Morgan fingerprint density at radius 1 is 1.04 bits per heavy atom. The highest BCUT2D eigenvalue weighted by molar-refractivity contribution is 5.94. The number of carbonyl (C=O) groups is 1. The van der Waals surface area contributed by atoms with Crippen molar-refractivity contribution in [3.63, 3.8) is 0 Å². The number of anilines is 1. The van der Waals surface area contributed by atoms with Crippen molar-refractivity contribution in [3.05, 3.63) is 65.7 Å². The van der Waals surface area contributed by atoms with E-state index in [0.29, 0.717) is 18.7 Å². The van der Waals surface area contributed by atoms with E-state index in [1.807, 2.05) is 30.3 Å². The molecule has 0 spiro atoms. The van der Waals surface area contributed by atoms with E-state index in [-0.39, 0.29) is 5.91 Å². The summed E-state index contributed by atoms with van der Waals surface area (Å²) < 4.78 is 0. The van der Waals surface area contributed by atoms with E-state index in [4.69, 9.17) is 5.73 Å². The van der Waals surface area contributed by atoms with Crippen molar-refractivity contribution in [1.29, 1.82) is 0 Å². The summed E-state index contributed by atoms with van der Waals surface area (Å²) in [5, 5.41) is 2.93. The van der Waals surface area contributed by atoms with E-state index >= 15 is 0 Å². The van der Waals surface area contributed by atoms with Crippen molar-refractivity contribution in [1.82, 2.24) is 5.32 Å². The van der Waals surface area contributed by atoms with Crippen LogP contribution in [0.15, 0.2) is 54.6 Å². The predicted octanol–water partition coefficient (Wildman–Crippen LogP) is 3.18. The monoisotopic (exact) mass is 325 g/mol. The largest absolute Gasteiger partial charge is 0.367 e. The molecule has 2 rings (SSSR count). The van der Waals surface area contributed by atoms with E-state index in [2.05, 4.69) is 41.4 Å². The van der Waals surface area contributed by atoms with Gasteiger partial charge in [0.15, 0.2) is 0 Å². The highest BCUT2D eigenvalue weighted by Crippen LogP contribution is 2.18. The Morgan fingerprint density at radius 2 is 1.75 bits per heavy atom. The topological polar surface area (TPSA) is 58.4 Å². The van der Waals surface area contributed by atoms with Crippen LogP contribution < -0.4 is 16.0 Å². The van der Waals surface area contributed by atoms with Crippen molar-refractivity contribution >= 4 is 11.6 Å². The SMILES string of the molecule is CCN(Cc1ccccc1)c1ccc(C(=O)NCCCCN)cc1. The first-order valence-electron chi connectivity index (χ1n) is 8.61. The van der Waals surface area contributed by atoms with E-state index in [9.17, 15) is 4.79 Å². The van der Waals surface area contributed by atoms with Crippen LogP contribution in [0, 0.1) is 0 Å². The van der Waals surface area contributed by atoms with Gasteiger partial charge in [0, 0.05) is 30.9 Å². The van der Waals surface area contributed by atoms with Gasteiger partial charge in [0.2, 0.25) is 0 Å². The van der Waals surface area contributed by atoms with Gasteiger partial charge in [-0.15, -0.1) is 0 Å². The Bertz CT molecular complexity index is 611. The first kappa shape index (κ1) is 18.0. The van der Waals surface area contributed by atoms with Crippen LogP contribution in [-0.2, 0) is 6.54 Å². The van der Waals surface area contributed by atoms with Crippen molar-refractivity contribution < 1.29 is 4.79 Å². The van der Waals surface area contributed by atoms with Crippen LogP contribution >= 0.6 is 0 Å². The summed E-state index contributed by atoms with van der Waals surface area (Å²) in [4.78, 5) is 14.4. The fourth-order valence-electron chi connectivity index (χ4n) is 2.59. The molecule has 4 nitrogen and oxygen atoms in total. The van der Waals surface area contributed by atoms with Crippen molar-refractivity contribution in [3.8, 4) is 0 Å². The minimum atomic E-state index is -0.0234. The number of benzene rings is 2. The molecular weight excluding hydrogens is 298 g/mol. The first-order valence-corrected chi connectivity index (χ1v) is 8.61. The van der Waals surface area contributed by atoms with Crippen LogP contribution in [0.1, 0.15) is 35.7 Å². The molecule has 0 unspecified atom stereocenters. The van der Waals surface area contributed by atoms with Crippen LogP contribution in [0.2, 0.25) is 0 Å². The third-order valence-electron chi connectivity index (χ3n) is 4.01. The van der Waals surface area contributed by atoms with Gasteiger partial charge in [-0.1, -0.05) is 30.3 Å². The van der Waals surface area contributed by atoms with E-state index < -0.39 is 0 Å². The van der Waals surface area contributed by atoms with E-state index in [1.165, 1.54) is 5.56 Å². The minimum absolute atomic E-state index is 0.0234. The molecule has 0 radical (unpaired) electrons. The first-order chi connectivity index (χ1) is 11.7. The summed E-state index contributed by atoms with van der Waals surface area (Å²) >= 11 is 0. The van der Waals surface area contributed by atoms with E-state index in [0.717, 1.165) is 31.6 Å². The second-order valence-corrected chi connectivity index (χ2v) is 5.80. The van der Waals surface area contributed by atoms with Gasteiger partial charge < -0.3 is 16.0 Å². The minimum Gasteiger partial charge on any atom is -0.367 e. The van der Waals surface area contributed by atoms with Crippen LogP contribution in [0.4, 0.5) is 5.69 Å². The summed E-state index contributed by atoms with van der Waals surface area (Å²) in [6.45, 7) is 5.26. The summed E-state index contributed by atoms with van der Waals surface area (Å²) in [6.07, 6.45) is 1.85. The summed E-state index contributed by atoms with van der Waals surface area (Å²) in [7, 11) is 0. The van der Waals surface area contributed by atoms with Gasteiger partial charge >= 0.3 is 0 Å². The predicted molar refractivity (Wildman–Crippen MR) is 100 cm³/mol. The quantitative estimate of drug-likeness (QED) is 0.696. The normalized spacial score (nSPS) is 10.4. The van der Waals surface area contributed by atoms with Crippen LogP contribution in [-0.4, -0.2) is 25.5 Å². The number of amides is 1. The molecule has 0 fully saturated rings. The second-order valence-electron chi connectivity index (χ2n) is 5.80. The lowest BCUT2D eigenvalue weighted by Gasteiger charge is -2.23. The van der Waals surface area contributed by atoms with Gasteiger partial charge in [-0.2, -0.15) is 0 Å². The molecule has 0 bridgehead atoms. The molecule has 0 atom stereocenters. The Hall–Kier alpha value is -2.33. The number of nitrogens with one attached hydrogen (secondary N) is 1. The summed E-state index contributed by atoms with van der Waals surface area (Å²) in [5.41, 5.74) is 8.55. The smallest absolute Gasteiger partial charge is 0.251 e. The van der Waals surface area contributed by atoms with E-state index in [1.54, 1.807) is 0 Å². The number of nitrogens with two attached hydrogens (primary N) is 1. The van der Waals surface area contributed by atoms with Crippen molar-refractivity contribution in [2.75, 3.05) is 24.5 Å². The third-order valence-corrected chi connectivity index (χ3v) is 4.01. The lowest BCUT2D eigenvalue weighted by molar-refractivity contribution is 0.0953. The Labute approximate surface area is 144 Å². The molecule has 1 amide bonds. The van der Waals surface area contributed by atoms with Crippen LogP contribution in [0.3, 0.4) is 0 Å². The highest BCUT2D eigenvalue weighted by Gasteiger charge is 2.08. The Kier molecular flexibility index (Phi) is 7.30. The highest BCUT2D eigenvalue weighted by atomic mass is 16.1. The molecule has 2 aromatic rings. The second kappa shape index (κ2) is 9.73. The number of hydrogen-bond acceptors (Lipinski definition) is 3. The molecule has 2 aromatic carbocycles. The van der Waals surface area contributed by atoms with Crippen molar-refractivity contribution in [2.45, 2.75) is 26.3 Å². The van der Waals surface area contributed by atoms with Crippen LogP contribution in [0.25, 0.3) is 0 Å². The fourth-order valence-corrected chi connectivity index (χ4v) is 2.59. The van der Waals surface area contributed by atoms with Gasteiger partial charge in [0.25, 0.3) is 5.91 Å².